The molecule has 0 fully saturated rings. The van der Waals surface area contributed by atoms with E-state index >= 15 is 0 Å². The van der Waals surface area contributed by atoms with Crippen molar-refractivity contribution in [1.82, 2.24) is 4.40 Å². The highest BCUT2D eigenvalue weighted by Crippen LogP contribution is 2.43. The Morgan fingerprint density at radius 3 is 0.855 bits per heavy atom. The lowest BCUT2D eigenvalue weighted by Crippen LogP contribution is -2.09. The number of hydrogen-bond acceptors (Lipinski definition) is 1. The van der Waals surface area contributed by atoms with Crippen LogP contribution in [0.5, 0.6) is 0 Å². The third-order valence-corrected chi connectivity index (χ3v) is 12.6. The molecule has 0 unspecified atom stereocenters. The quantitative estimate of drug-likeness (QED) is 0.149. The average molecular weight is 789 g/mol. The van der Waals surface area contributed by atoms with Crippen LogP contribution in [0.1, 0.15) is 0 Å². The van der Waals surface area contributed by atoms with Gasteiger partial charge in [-0.15, -0.1) is 0 Å². The molecule has 0 bridgehead atoms. The minimum Gasteiger partial charge on any atom is -0.311 e. The first-order chi connectivity index (χ1) is 30.7. The summed E-state index contributed by atoms with van der Waals surface area (Å²) in [4.78, 5) is 2.36. The van der Waals surface area contributed by atoms with Gasteiger partial charge in [-0.25, -0.2) is 0 Å². The van der Waals surface area contributed by atoms with Crippen LogP contribution in [0, 0.1) is 0 Å². The number of para-hydroxylation sites is 2. The molecule has 62 heavy (non-hydrogen) atoms. The zero-order chi connectivity index (χ0) is 41.0. The smallest absolute Gasteiger partial charge is 0.0620 e. The minimum atomic E-state index is 1.10. The van der Waals surface area contributed by atoms with Gasteiger partial charge in [0.15, 0.2) is 0 Å². The third kappa shape index (κ3) is 6.12. The van der Waals surface area contributed by atoms with Gasteiger partial charge in [-0.3, -0.25) is 0 Å². The first-order valence-electron chi connectivity index (χ1n) is 21.3. The predicted octanol–water partition coefficient (Wildman–Crippen LogP) is 16.6. The van der Waals surface area contributed by atoms with Gasteiger partial charge < -0.3 is 9.30 Å². The average Bonchev–Trinajstić information content (AvgIpc) is 3.87. The fourth-order valence-corrected chi connectivity index (χ4v) is 9.44. The molecule has 0 saturated heterocycles. The second-order valence-corrected chi connectivity index (χ2v) is 16.2. The fraction of sp³-hybridized carbons (Fsp3) is 0. The summed E-state index contributed by atoms with van der Waals surface area (Å²) in [6.45, 7) is 0. The summed E-state index contributed by atoms with van der Waals surface area (Å²) < 4.78 is 2.44. The van der Waals surface area contributed by atoms with E-state index in [0.29, 0.717) is 0 Å². The lowest BCUT2D eigenvalue weighted by atomic mass is 9.98. The molecule has 2 heterocycles. The molecular weight excluding hydrogens is 749 g/mol. The molecular formula is C60H40N2. The summed E-state index contributed by atoms with van der Waals surface area (Å²) in [7, 11) is 0. The van der Waals surface area contributed by atoms with Crippen LogP contribution in [0.2, 0.25) is 0 Å². The van der Waals surface area contributed by atoms with Crippen molar-refractivity contribution in [2.75, 3.05) is 4.90 Å². The van der Waals surface area contributed by atoms with E-state index in [1.165, 1.54) is 93.7 Å². The van der Waals surface area contributed by atoms with Gasteiger partial charge >= 0.3 is 0 Å². The number of nitrogens with zero attached hydrogens (tertiary/aromatic N) is 2. The van der Waals surface area contributed by atoms with Crippen molar-refractivity contribution in [3.8, 4) is 55.6 Å². The number of anilines is 3. The molecule has 0 aliphatic carbocycles. The maximum absolute atomic E-state index is 2.44. The molecule has 2 heteroatoms. The van der Waals surface area contributed by atoms with Crippen molar-refractivity contribution >= 4 is 55.2 Å². The van der Waals surface area contributed by atoms with Crippen molar-refractivity contribution in [2.45, 2.75) is 0 Å². The molecule has 2 nitrogen and oxygen atoms in total. The van der Waals surface area contributed by atoms with Gasteiger partial charge in [0.1, 0.15) is 0 Å². The highest BCUT2D eigenvalue weighted by Gasteiger charge is 2.19. The lowest BCUT2D eigenvalue weighted by Gasteiger charge is -2.26. The molecule has 2 aromatic heterocycles. The largest absolute Gasteiger partial charge is 0.311 e. The van der Waals surface area contributed by atoms with E-state index in [1.54, 1.807) is 0 Å². The molecule has 0 spiro atoms. The molecule has 12 aromatic rings. The van der Waals surface area contributed by atoms with Gasteiger partial charge in [-0.05, 0) is 116 Å². The van der Waals surface area contributed by atoms with E-state index < -0.39 is 0 Å². The van der Waals surface area contributed by atoms with E-state index in [0.717, 1.165) is 17.1 Å². The van der Waals surface area contributed by atoms with Crippen molar-refractivity contribution in [3.05, 3.63) is 243 Å². The number of benzene rings is 10. The Morgan fingerprint density at radius 1 is 0.226 bits per heavy atom. The first kappa shape index (κ1) is 35.7. The summed E-state index contributed by atoms with van der Waals surface area (Å²) in [6, 6.07) is 88.2. The highest BCUT2D eigenvalue weighted by atomic mass is 15.1. The van der Waals surface area contributed by atoms with Crippen molar-refractivity contribution in [2.24, 2.45) is 0 Å². The standard InChI is InChI=1S/C60H40N2/c1-3-11-41(12-4-1)43-19-23-45(24-20-43)47-27-33-51(34-28-47)61(52-35-29-48(30-36-52)46-25-21-44(22-26-46)42-13-5-2-6-14-42)53-37-31-49(32-38-53)50-39-56-54-15-7-9-17-58(54)62-59-18-10-8-16-55(59)57(40-50)60(56)62/h1-40H. The Kier molecular flexibility index (Phi) is 8.53. The second kappa shape index (κ2) is 14.8. The Bertz CT molecular complexity index is 3290. The van der Waals surface area contributed by atoms with E-state index in [4.69, 9.17) is 0 Å². The number of aromatic nitrogens is 1. The Balaban J connectivity index is 0.913. The number of hydrogen-bond donors (Lipinski definition) is 0. The van der Waals surface area contributed by atoms with Crippen LogP contribution >= 0.6 is 0 Å². The summed E-state index contributed by atoms with van der Waals surface area (Å²) in [5, 5.41) is 5.15. The highest BCUT2D eigenvalue weighted by molar-refractivity contribution is 6.24. The van der Waals surface area contributed by atoms with Gasteiger partial charge in [-0.2, -0.15) is 0 Å². The van der Waals surface area contributed by atoms with Crippen molar-refractivity contribution in [1.29, 1.82) is 0 Å². The van der Waals surface area contributed by atoms with E-state index in [-0.39, 0.29) is 0 Å². The van der Waals surface area contributed by atoms with Gasteiger partial charge in [0.2, 0.25) is 0 Å². The number of rotatable bonds is 8. The van der Waals surface area contributed by atoms with Crippen LogP contribution in [0.4, 0.5) is 17.1 Å². The summed E-state index contributed by atoms with van der Waals surface area (Å²) >= 11 is 0. The van der Waals surface area contributed by atoms with Crippen LogP contribution in [-0.2, 0) is 0 Å². The normalized spacial score (nSPS) is 11.5. The zero-order valence-corrected chi connectivity index (χ0v) is 34.0. The van der Waals surface area contributed by atoms with Crippen LogP contribution in [0.25, 0.3) is 93.7 Å². The predicted molar refractivity (Wildman–Crippen MR) is 263 cm³/mol. The van der Waals surface area contributed by atoms with Crippen LogP contribution in [-0.4, -0.2) is 4.40 Å². The molecule has 0 aliphatic rings. The molecule has 12 rings (SSSR count). The SMILES string of the molecule is c1ccc(-c2ccc(-c3ccc(N(c4ccc(-c5ccc(-c6ccccc6)cc5)cc4)c4ccc(-c5cc6c7ccccc7n7c8ccccc8c(c5)c67)cc4)cc3)cc2)cc1. The van der Waals surface area contributed by atoms with Crippen molar-refractivity contribution in [3.63, 3.8) is 0 Å². The van der Waals surface area contributed by atoms with E-state index in [1.807, 2.05) is 0 Å². The third-order valence-electron chi connectivity index (χ3n) is 12.6. The van der Waals surface area contributed by atoms with Gasteiger partial charge in [0.05, 0.1) is 16.6 Å². The summed E-state index contributed by atoms with van der Waals surface area (Å²) in [6.07, 6.45) is 0. The molecule has 0 radical (unpaired) electrons. The number of fused-ring (bicyclic) bond motifs is 6. The van der Waals surface area contributed by atoms with Crippen LogP contribution < -0.4 is 4.90 Å². The Labute approximate surface area is 361 Å². The summed E-state index contributed by atoms with van der Waals surface area (Å²) in [5.41, 5.74) is 19.2. The molecule has 0 aliphatic heterocycles. The zero-order valence-electron chi connectivity index (χ0n) is 34.0. The molecule has 0 atom stereocenters. The van der Waals surface area contributed by atoms with Crippen LogP contribution in [0.3, 0.4) is 0 Å². The molecule has 10 aromatic carbocycles. The maximum atomic E-state index is 2.44. The van der Waals surface area contributed by atoms with E-state index in [9.17, 15) is 0 Å². The Hall–Kier alpha value is -8.20. The van der Waals surface area contributed by atoms with Gasteiger partial charge in [-0.1, -0.05) is 182 Å². The molecule has 290 valence electrons. The molecule has 0 N–H and O–H groups in total. The van der Waals surface area contributed by atoms with Crippen LogP contribution in [0.15, 0.2) is 243 Å². The summed E-state index contributed by atoms with van der Waals surface area (Å²) in [5.74, 6) is 0. The minimum absolute atomic E-state index is 1.10. The monoisotopic (exact) mass is 788 g/mol. The first-order valence-corrected chi connectivity index (χ1v) is 21.3. The maximum Gasteiger partial charge on any atom is 0.0620 e. The second-order valence-electron chi connectivity index (χ2n) is 16.2. The topological polar surface area (TPSA) is 7.65 Å². The fourth-order valence-electron chi connectivity index (χ4n) is 9.44. The van der Waals surface area contributed by atoms with E-state index in [2.05, 4.69) is 252 Å². The van der Waals surface area contributed by atoms with Gasteiger partial charge in [0, 0.05) is 38.6 Å². The molecule has 0 amide bonds. The van der Waals surface area contributed by atoms with Gasteiger partial charge in [0.25, 0.3) is 0 Å². The molecule has 0 saturated carbocycles. The van der Waals surface area contributed by atoms with Crippen molar-refractivity contribution < 1.29 is 0 Å². The lowest BCUT2D eigenvalue weighted by molar-refractivity contribution is 1.28. The Morgan fingerprint density at radius 2 is 0.500 bits per heavy atom.